The Kier molecular flexibility index (Phi) is 4.22. The molecule has 1 aromatic rings. The van der Waals surface area contributed by atoms with Crippen molar-refractivity contribution in [2.75, 3.05) is 0 Å². The third-order valence-corrected chi connectivity index (χ3v) is 3.41. The topological polar surface area (TPSA) is 0 Å². The molecule has 0 spiro atoms. The van der Waals surface area contributed by atoms with Crippen molar-refractivity contribution in [1.29, 1.82) is 0 Å². The lowest BCUT2D eigenvalue weighted by Gasteiger charge is -2.19. The smallest absolute Gasteiger partial charge is 0.0228 e. The van der Waals surface area contributed by atoms with E-state index in [1.54, 1.807) is 0 Å². The van der Waals surface area contributed by atoms with Gasteiger partial charge in [0.2, 0.25) is 0 Å². The third-order valence-electron chi connectivity index (χ3n) is 3.15. The number of rotatable bonds is 4. The Balaban J connectivity index is 2.16. The van der Waals surface area contributed by atoms with E-state index >= 15 is 0 Å². The third kappa shape index (κ3) is 3.34. The lowest BCUT2D eigenvalue weighted by Crippen LogP contribution is -2.01. The summed E-state index contributed by atoms with van der Waals surface area (Å²) in [7, 11) is 0. The molecule has 1 aliphatic rings. The van der Waals surface area contributed by atoms with Crippen LogP contribution in [0.25, 0.3) is 0 Å². The van der Waals surface area contributed by atoms with Gasteiger partial charge in [0, 0.05) is 11.0 Å². The summed E-state index contributed by atoms with van der Waals surface area (Å²) in [5, 5.41) is 0.728. The van der Waals surface area contributed by atoms with Gasteiger partial charge < -0.3 is 0 Å². The first-order valence-electron chi connectivity index (χ1n) is 6.01. The van der Waals surface area contributed by atoms with Gasteiger partial charge in [-0.15, -0.1) is 0 Å². The molecule has 0 bridgehead atoms. The van der Waals surface area contributed by atoms with Crippen molar-refractivity contribution >= 4 is 11.6 Å². The molecule has 1 aromatic carbocycles. The van der Waals surface area contributed by atoms with Gasteiger partial charge in [0.05, 0.1) is 0 Å². The molecule has 2 rings (SSSR count). The van der Waals surface area contributed by atoms with Gasteiger partial charge in [0.25, 0.3) is 0 Å². The number of allylic oxidation sites excluding steroid dienone is 5. The highest BCUT2D eigenvalue weighted by atomic mass is 35.5. The van der Waals surface area contributed by atoms with Crippen LogP contribution in [0, 0.1) is 0 Å². The minimum Gasteiger partial charge on any atom is -0.0891 e. The Labute approximate surface area is 108 Å². The Morgan fingerprint density at radius 3 is 2.65 bits per heavy atom. The van der Waals surface area contributed by atoms with Crippen molar-refractivity contribution in [2.45, 2.75) is 25.2 Å². The standard InChI is InChI=1S/C16H17Cl/c1-13(17)16(15-10-6-3-7-11-15)12-14-8-4-2-5-9-14/h2-4,6-8,10-11,16H,1,5,9,12H2. The van der Waals surface area contributed by atoms with E-state index in [-0.39, 0.29) is 5.92 Å². The Bertz CT molecular complexity index is 440. The van der Waals surface area contributed by atoms with Crippen molar-refractivity contribution in [3.63, 3.8) is 0 Å². The summed E-state index contributed by atoms with van der Waals surface area (Å²) in [6, 6.07) is 10.4. The second-order valence-electron chi connectivity index (χ2n) is 4.41. The Morgan fingerprint density at radius 2 is 2.06 bits per heavy atom. The molecule has 0 fully saturated rings. The largest absolute Gasteiger partial charge is 0.0891 e. The van der Waals surface area contributed by atoms with Gasteiger partial charge in [-0.05, 0) is 24.8 Å². The SMILES string of the molecule is C=C(Cl)C(CC1=CC=CCC1)c1ccccc1. The molecule has 0 radical (unpaired) electrons. The molecular weight excluding hydrogens is 228 g/mol. The van der Waals surface area contributed by atoms with Crippen molar-refractivity contribution in [3.8, 4) is 0 Å². The van der Waals surface area contributed by atoms with Gasteiger partial charge in [-0.2, -0.15) is 0 Å². The molecule has 0 N–H and O–H groups in total. The highest BCUT2D eigenvalue weighted by molar-refractivity contribution is 6.30. The second-order valence-corrected chi connectivity index (χ2v) is 4.89. The maximum Gasteiger partial charge on any atom is 0.0228 e. The average Bonchev–Trinajstić information content (AvgIpc) is 2.38. The molecule has 0 saturated carbocycles. The quantitative estimate of drug-likeness (QED) is 0.684. The molecule has 88 valence electrons. The zero-order valence-electron chi connectivity index (χ0n) is 9.90. The average molecular weight is 245 g/mol. The molecule has 0 heterocycles. The van der Waals surface area contributed by atoms with Crippen LogP contribution in [0.3, 0.4) is 0 Å². The number of hydrogen-bond donors (Lipinski definition) is 0. The maximum atomic E-state index is 6.16. The summed E-state index contributed by atoms with van der Waals surface area (Å²) in [6.07, 6.45) is 9.82. The van der Waals surface area contributed by atoms with Gasteiger partial charge in [0.1, 0.15) is 0 Å². The molecule has 0 saturated heterocycles. The van der Waals surface area contributed by atoms with Crippen LogP contribution in [0.15, 0.2) is 65.7 Å². The number of hydrogen-bond acceptors (Lipinski definition) is 0. The van der Waals surface area contributed by atoms with E-state index in [4.69, 9.17) is 11.6 Å². The van der Waals surface area contributed by atoms with Crippen LogP contribution in [-0.2, 0) is 0 Å². The first kappa shape index (κ1) is 12.2. The first-order valence-corrected chi connectivity index (χ1v) is 6.39. The predicted octanol–water partition coefficient (Wildman–Crippen LogP) is 5.19. The fourth-order valence-corrected chi connectivity index (χ4v) is 2.38. The molecular formula is C16H17Cl. The van der Waals surface area contributed by atoms with Crippen LogP contribution < -0.4 is 0 Å². The van der Waals surface area contributed by atoms with E-state index < -0.39 is 0 Å². The zero-order chi connectivity index (χ0) is 12.1. The normalized spacial score (nSPS) is 16.4. The minimum atomic E-state index is 0.232. The molecule has 0 amide bonds. The van der Waals surface area contributed by atoms with E-state index in [0.717, 1.165) is 24.3 Å². The summed E-state index contributed by atoms with van der Waals surface area (Å²) in [6.45, 7) is 3.92. The molecule has 17 heavy (non-hydrogen) atoms. The number of benzene rings is 1. The summed E-state index contributed by atoms with van der Waals surface area (Å²) in [5.74, 6) is 0.232. The van der Waals surface area contributed by atoms with Crippen LogP contribution in [0.4, 0.5) is 0 Å². The van der Waals surface area contributed by atoms with E-state index in [1.807, 2.05) is 6.07 Å². The van der Waals surface area contributed by atoms with Gasteiger partial charge in [-0.3, -0.25) is 0 Å². The fourth-order valence-electron chi connectivity index (χ4n) is 2.18. The molecule has 0 nitrogen and oxygen atoms in total. The molecule has 1 atom stereocenters. The highest BCUT2D eigenvalue weighted by Crippen LogP contribution is 2.34. The Morgan fingerprint density at radius 1 is 1.29 bits per heavy atom. The summed E-state index contributed by atoms with van der Waals surface area (Å²) in [5.41, 5.74) is 2.71. The van der Waals surface area contributed by atoms with Gasteiger partial charge in [-0.1, -0.05) is 72.3 Å². The number of halogens is 1. The molecule has 0 aromatic heterocycles. The van der Waals surface area contributed by atoms with Crippen molar-refractivity contribution in [3.05, 3.63) is 71.3 Å². The molecule has 1 heteroatoms. The monoisotopic (exact) mass is 244 g/mol. The lowest BCUT2D eigenvalue weighted by molar-refractivity contribution is 0.764. The first-order chi connectivity index (χ1) is 8.27. The van der Waals surface area contributed by atoms with Crippen molar-refractivity contribution in [2.24, 2.45) is 0 Å². The molecule has 1 aliphatic carbocycles. The van der Waals surface area contributed by atoms with Gasteiger partial charge >= 0.3 is 0 Å². The van der Waals surface area contributed by atoms with Crippen LogP contribution in [0.1, 0.15) is 30.7 Å². The van der Waals surface area contributed by atoms with Gasteiger partial charge in [0.15, 0.2) is 0 Å². The predicted molar refractivity (Wildman–Crippen MR) is 75.3 cm³/mol. The van der Waals surface area contributed by atoms with Crippen molar-refractivity contribution < 1.29 is 0 Å². The van der Waals surface area contributed by atoms with Gasteiger partial charge in [-0.25, -0.2) is 0 Å². The van der Waals surface area contributed by atoms with E-state index in [9.17, 15) is 0 Å². The summed E-state index contributed by atoms with van der Waals surface area (Å²) < 4.78 is 0. The molecule has 0 aliphatic heterocycles. The fraction of sp³-hybridized carbons (Fsp3) is 0.250. The van der Waals surface area contributed by atoms with Crippen LogP contribution >= 0.6 is 11.6 Å². The minimum absolute atomic E-state index is 0.232. The zero-order valence-corrected chi connectivity index (χ0v) is 10.7. The van der Waals surface area contributed by atoms with Crippen LogP contribution in [0.5, 0.6) is 0 Å². The second kappa shape index (κ2) is 5.88. The Hall–Kier alpha value is -1.27. The lowest BCUT2D eigenvalue weighted by atomic mass is 9.89. The maximum absolute atomic E-state index is 6.16. The van der Waals surface area contributed by atoms with E-state index in [0.29, 0.717) is 0 Å². The molecule has 1 unspecified atom stereocenters. The highest BCUT2D eigenvalue weighted by Gasteiger charge is 2.15. The van der Waals surface area contributed by atoms with E-state index in [1.165, 1.54) is 11.1 Å². The summed E-state index contributed by atoms with van der Waals surface area (Å²) in [4.78, 5) is 0. The van der Waals surface area contributed by atoms with Crippen LogP contribution in [0.2, 0.25) is 0 Å². The summed E-state index contributed by atoms with van der Waals surface area (Å²) >= 11 is 6.16. The van der Waals surface area contributed by atoms with Crippen molar-refractivity contribution in [1.82, 2.24) is 0 Å². The van der Waals surface area contributed by atoms with E-state index in [2.05, 4.69) is 49.1 Å². The van der Waals surface area contributed by atoms with Crippen LogP contribution in [-0.4, -0.2) is 0 Å².